The van der Waals surface area contributed by atoms with Gasteiger partial charge in [-0.2, -0.15) is 0 Å². The second kappa shape index (κ2) is 6.95. The summed E-state index contributed by atoms with van der Waals surface area (Å²) in [5, 5.41) is 10.5. The molecule has 2 heteroatoms. The summed E-state index contributed by atoms with van der Waals surface area (Å²) in [5.74, 6) is 2.11. The summed E-state index contributed by atoms with van der Waals surface area (Å²) < 4.78 is 5.64. The van der Waals surface area contributed by atoms with Crippen molar-refractivity contribution in [2.45, 2.75) is 52.1 Å². The van der Waals surface area contributed by atoms with Crippen molar-refractivity contribution < 1.29 is 9.84 Å². The zero-order chi connectivity index (χ0) is 13.7. The maximum absolute atomic E-state index is 10.5. The molecule has 19 heavy (non-hydrogen) atoms. The highest BCUT2D eigenvalue weighted by Gasteiger charge is 2.25. The Morgan fingerprint density at radius 2 is 2.00 bits per heavy atom. The van der Waals surface area contributed by atoms with Gasteiger partial charge in [0.25, 0.3) is 0 Å². The number of aliphatic hydroxyl groups is 1. The van der Waals surface area contributed by atoms with E-state index in [1.807, 2.05) is 24.3 Å². The monoisotopic (exact) mass is 262 g/mol. The van der Waals surface area contributed by atoms with Crippen LogP contribution in [0, 0.1) is 11.8 Å². The van der Waals surface area contributed by atoms with Crippen LogP contribution in [0.3, 0.4) is 0 Å². The summed E-state index contributed by atoms with van der Waals surface area (Å²) >= 11 is 0. The van der Waals surface area contributed by atoms with E-state index in [0.717, 1.165) is 43.1 Å². The fourth-order valence-electron chi connectivity index (χ4n) is 2.88. The molecule has 0 bridgehead atoms. The first-order valence-corrected chi connectivity index (χ1v) is 7.61. The molecule has 1 atom stereocenters. The summed E-state index contributed by atoms with van der Waals surface area (Å²) in [6, 6.07) is 7.96. The smallest absolute Gasteiger partial charge is 0.119 e. The molecule has 1 aromatic carbocycles. The van der Waals surface area contributed by atoms with Crippen molar-refractivity contribution in [2.75, 3.05) is 6.61 Å². The first-order chi connectivity index (χ1) is 9.20. The Morgan fingerprint density at radius 1 is 1.26 bits per heavy atom. The van der Waals surface area contributed by atoms with Gasteiger partial charge in [0.2, 0.25) is 0 Å². The van der Waals surface area contributed by atoms with Crippen LogP contribution in [0.25, 0.3) is 0 Å². The van der Waals surface area contributed by atoms with E-state index in [9.17, 15) is 5.11 Å². The van der Waals surface area contributed by atoms with Gasteiger partial charge in [-0.05, 0) is 48.8 Å². The Bertz CT molecular complexity index is 381. The molecule has 2 rings (SSSR count). The highest BCUT2D eigenvalue weighted by molar-refractivity contribution is 5.30. The van der Waals surface area contributed by atoms with E-state index < -0.39 is 0 Å². The van der Waals surface area contributed by atoms with Gasteiger partial charge in [0.05, 0.1) is 12.7 Å². The predicted molar refractivity (Wildman–Crippen MR) is 78.3 cm³/mol. The first-order valence-electron chi connectivity index (χ1n) is 7.61. The molecular formula is C17H26O2. The Labute approximate surface area is 116 Å². The molecule has 0 aromatic heterocycles. The average molecular weight is 262 g/mol. The van der Waals surface area contributed by atoms with Crippen LogP contribution in [0.1, 0.15) is 57.6 Å². The van der Waals surface area contributed by atoms with Crippen LogP contribution in [-0.2, 0) is 0 Å². The van der Waals surface area contributed by atoms with Crippen LogP contribution < -0.4 is 4.74 Å². The predicted octanol–water partition coefficient (Wildman–Crippen LogP) is 4.34. The standard InChI is InChI=1S/C17H26O2/c1-3-11-19-16-6-4-5-15(12-16)17(18)14-9-7-13(2)8-10-14/h4-6,12-14,17-18H,3,7-11H2,1-2H3. The molecule has 2 nitrogen and oxygen atoms in total. The Kier molecular flexibility index (Phi) is 5.26. The van der Waals surface area contributed by atoms with E-state index in [4.69, 9.17) is 4.74 Å². The van der Waals surface area contributed by atoms with Gasteiger partial charge < -0.3 is 9.84 Å². The lowest BCUT2D eigenvalue weighted by Crippen LogP contribution is -2.19. The van der Waals surface area contributed by atoms with Crippen molar-refractivity contribution in [1.29, 1.82) is 0 Å². The molecule has 1 N–H and O–H groups in total. The number of hydrogen-bond donors (Lipinski definition) is 1. The van der Waals surface area contributed by atoms with Gasteiger partial charge in [-0.25, -0.2) is 0 Å². The van der Waals surface area contributed by atoms with E-state index in [0.29, 0.717) is 5.92 Å². The van der Waals surface area contributed by atoms with E-state index >= 15 is 0 Å². The zero-order valence-corrected chi connectivity index (χ0v) is 12.1. The number of ether oxygens (including phenoxy) is 1. The molecule has 1 saturated carbocycles. The maximum Gasteiger partial charge on any atom is 0.119 e. The van der Waals surface area contributed by atoms with E-state index in [2.05, 4.69) is 13.8 Å². The van der Waals surface area contributed by atoms with Crippen LogP contribution in [0.2, 0.25) is 0 Å². The summed E-state index contributed by atoms with van der Waals surface area (Å²) in [7, 11) is 0. The first kappa shape index (κ1) is 14.4. The van der Waals surface area contributed by atoms with Crippen molar-refractivity contribution in [3.63, 3.8) is 0 Å². The lowest BCUT2D eigenvalue weighted by atomic mass is 9.78. The van der Waals surface area contributed by atoms with E-state index in [-0.39, 0.29) is 6.10 Å². The quantitative estimate of drug-likeness (QED) is 0.855. The third-order valence-electron chi connectivity index (χ3n) is 4.18. The fourth-order valence-corrected chi connectivity index (χ4v) is 2.88. The lowest BCUT2D eigenvalue weighted by molar-refractivity contribution is 0.0753. The normalized spacial score (nSPS) is 25.0. The molecule has 1 unspecified atom stereocenters. The third-order valence-corrected chi connectivity index (χ3v) is 4.18. The van der Waals surface area contributed by atoms with Gasteiger partial charge in [-0.1, -0.05) is 38.8 Å². The van der Waals surface area contributed by atoms with Gasteiger partial charge in [0, 0.05) is 0 Å². The largest absolute Gasteiger partial charge is 0.494 e. The van der Waals surface area contributed by atoms with Gasteiger partial charge in [-0.15, -0.1) is 0 Å². The molecule has 0 amide bonds. The van der Waals surface area contributed by atoms with Crippen molar-refractivity contribution >= 4 is 0 Å². The highest BCUT2D eigenvalue weighted by Crippen LogP contribution is 2.37. The van der Waals surface area contributed by atoms with Gasteiger partial charge in [0.1, 0.15) is 5.75 Å². The molecule has 0 heterocycles. The molecule has 1 fully saturated rings. The summed E-state index contributed by atoms with van der Waals surface area (Å²) in [4.78, 5) is 0. The Balaban J connectivity index is 1.99. The molecule has 0 aliphatic heterocycles. The second-order valence-electron chi connectivity index (χ2n) is 5.89. The molecular weight excluding hydrogens is 236 g/mol. The van der Waals surface area contributed by atoms with Gasteiger partial charge >= 0.3 is 0 Å². The van der Waals surface area contributed by atoms with Crippen molar-refractivity contribution in [3.05, 3.63) is 29.8 Å². The van der Waals surface area contributed by atoms with Gasteiger partial charge in [0.15, 0.2) is 0 Å². The second-order valence-corrected chi connectivity index (χ2v) is 5.89. The SMILES string of the molecule is CCCOc1cccc(C(O)C2CCC(C)CC2)c1. The summed E-state index contributed by atoms with van der Waals surface area (Å²) in [6.07, 6.45) is 5.44. The topological polar surface area (TPSA) is 29.5 Å². The molecule has 1 aromatic rings. The minimum Gasteiger partial charge on any atom is -0.494 e. The summed E-state index contributed by atoms with van der Waals surface area (Å²) in [6.45, 7) is 5.14. The van der Waals surface area contributed by atoms with Gasteiger partial charge in [-0.3, -0.25) is 0 Å². The maximum atomic E-state index is 10.5. The minimum absolute atomic E-state index is 0.335. The zero-order valence-electron chi connectivity index (χ0n) is 12.1. The minimum atomic E-state index is -0.335. The van der Waals surface area contributed by atoms with Crippen molar-refractivity contribution in [1.82, 2.24) is 0 Å². The number of aliphatic hydroxyl groups excluding tert-OH is 1. The van der Waals surface area contributed by atoms with Crippen LogP contribution in [-0.4, -0.2) is 11.7 Å². The number of benzene rings is 1. The summed E-state index contributed by atoms with van der Waals surface area (Å²) in [5.41, 5.74) is 1.01. The van der Waals surface area contributed by atoms with Crippen molar-refractivity contribution in [3.8, 4) is 5.75 Å². The van der Waals surface area contributed by atoms with E-state index in [1.54, 1.807) is 0 Å². The van der Waals surface area contributed by atoms with Crippen LogP contribution in [0.15, 0.2) is 24.3 Å². The number of rotatable bonds is 5. The fraction of sp³-hybridized carbons (Fsp3) is 0.647. The number of hydrogen-bond acceptors (Lipinski definition) is 2. The van der Waals surface area contributed by atoms with Crippen LogP contribution >= 0.6 is 0 Å². The molecule has 0 saturated heterocycles. The average Bonchev–Trinajstić information content (AvgIpc) is 2.45. The van der Waals surface area contributed by atoms with Crippen LogP contribution in [0.4, 0.5) is 0 Å². The lowest BCUT2D eigenvalue weighted by Gasteiger charge is -2.30. The molecule has 1 aliphatic rings. The molecule has 0 spiro atoms. The van der Waals surface area contributed by atoms with Crippen LogP contribution in [0.5, 0.6) is 5.75 Å². The Hall–Kier alpha value is -1.02. The van der Waals surface area contributed by atoms with Crippen molar-refractivity contribution in [2.24, 2.45) is 11.8 Å². The molecule has 0 radical (unpaired) electrons. The molecule has 106 valence electrons. The highest BCUT2D eigenvalue weighted by atomic mass is 16.5. The third kappa shape index (κ3) is 3.97. The Morgan fingerprint density at radius 3 is 2.68 bits per heavy atom. The van der Waals surface area contributed by atoms with E-state index in [1.165, 1.54) is 12.8 Å². The molecule has 1 aliphatic carbocycles.